The molecule has 3 N–H and O–H groups in total. The topological polar surface area (TPSA) is 101 Å². The third-order valence-electron chi connectivity index (χ3n) is 3.05. The van der Waals surface area contributed by atoms with Gasteiger partial charge in [0, 0.05) is 17.7 Å². The molecule has 1 aliphatic rings. The molecule has 17 heavy (non-hydrogen) atoms. The molecule has 0 bridgehead atoms. The molecule has 1 fully saturated rings. The summed E-state index contributed by atoms with van der Waals surface area (Å²) in [5, 5.41) is 8.80. The van der Waals surface area contributed by atoms with Crippen LogP contribution in [0, 0.1) is 0 Å². The van der Waals surface area contributed by atoms with Gasteiger partial charge in [-0.3, -0.25) is 9.59 Å². The smallest absolute Gasteiger partial charge is 0.331 e. The Morgan fingerprint density at radius 1 is 1.24 bits per heavy atom. The first kappa shape index (κ1) is 13.2. The van der Waals surface area contributed by atoms with Crippen molar-refractivity contribution in [2.24, 2.45) is 5.73 Å². The highest BCUT2D eigenvalue weighted by Crippen LogP contribution is 2.20. The highest BCUT2D eigenvalue weighted by Gasteiger charge is 2.33. The van der Waals surface area contributed by atoms with Crippen molar-refractivity contribution in [2.45, 2.75) is 32.7 Å². The molecule has 1 atom stereocenters. The van der Waals surface area contributed by atoms with Gasteiger partial charge in [0.1, 0.15) is 6.04 Å². The van der Waals surface area contributed by atoms with Crippen LogP contribution in [0.4, 0.5) is 0 Å². The number of primary amides is 1. The minimum Gasteiger partial charge on any atom is -0.478 e. The fraction of sp³-hybridized carbons (Fsp3) is 0.545. The quantitative estimate of drug-likeness (QED) is 0.672. The van der Waals surface area contributed by atoms with Gasteiger partial charge >= 0.3 is 5.97 Å². The molecule has 1 aliphatic heterocycles. The molecular formula is C11H16N2O4. The molecule has 6 heteroatoms. The number of carboxylic acid groups (broad SMARTS) is 1. The molecule has 0 saturated carbocycles. The number of amides is 2. The van der Waals surface area contributed by atoms with Gasteiger partial charge in [0.15, 0.2) is 0 Å². The summed E-state index contributed by atoms with van der Waals surface area (Å²) in [5.74, 6) is -2.10. The monoisotopic (exact) mass is 240 g/mol. The zero-order valence-corrected chi connectivity index (χ0v) is 9.90. The van der Waals surface area contributed by atoms with E-state index in [0.717, 1.165) is 0 Å². The van der Waals surface area contributed by atoms with Crippen LogP contribution in [0.25, 0.3) is 0 Å². The van der Waals surface area contributed by atoms with Crippen LogP contribution in [-0.4, -0.2) is 40.4 Å². The summed E-state index contributed by atoms with van der Waals surface area (Å²) in [6, 6.07) is -0.612. The molecule has 6 nitrogen and oxygen atoms in total. The molecule has 0 aromatic rings. The number of hydrogen-bond donors (Lipinski definition) is 2. The number of likely N-dealkylation sites (tertiary alicyclic amines) is 1. The summed E-state index contributed by atoms with van der Waals surface area (Å²) in [6.07, 6.45) is 1.25. The van der Waals surface area contributed by atoms with Crippen LogP contribution in [-0.2, 0) is 14.4 Å². The standard InChI is InChI=1S/C11H16N2O4/c1-6(7(2)11(16)17)10(15)13-5-3-4-8(13)9(12)14/h8H,3-5H2,1-2H3,(H2,12,14)(H,16,17). The Balaban J connectivity index is 2.94. The molecule has 1 saturated heterocycles. The largest absolute Gasteiger partial charge is 0.478 e. The molecule has 0 spiro atoms. The predicted molar refractivity (Wildman–Crippen MR) is 59.9 cm³/mol. The van der Waals surface area contributed by atoms with Gasteiger partial charge in [-0.15, -0.1) is 0 Å². The number of aliphatic carboxylic acids is 1. The van der Waals surface area contributed by atoms with E-state index in [0.29, 0.717) is 19.4 Å². The normalized spacial score (nSPS) is 21.1. The lowest BCUT2D eigenvalue weighted by molar-refractivity contribution is -0.135. The maximum Gasteiger partial charge on any atom is 0.331 e. The first-order valence-electron chi connectivity index (χ1n) is 5.37. The summed E-state index contributed by atoms with van der Waals surface area (Å²) >= 11 is 0. The summed E-state index contributed by atoms with van der Waals surface area (Å²) in [5.41, 5.74) is 5.33. The molecule has 1 rings (SSSR count). The Bertz CT molecular complexity index is 400. The maximum absolute atomic E-state index is 12.0. The van der Waals surface area contributed by atoms with E-state index in [-0.39, 0.29) is 11.1 Å². The average Bonchev–Trinajstić information content (AvgIpc) is 2.74. The highest BCUT2D eigenvalue weighted by molar-refractivity contribution is 6.03. The molecule has 1 heterocycles. The number of carbonyl (C=O) groups is 3. The molecule has 0 aromatic carbocycles. The fourth-order valence-corrected chi connectivity index (χ4v) is 1.84. The third-order valence-corrected chi connectivity index (χ3v) is 3.05. The van der Waals surface area contributed by atoms with Crippen molar-refractivity contribution in [3.63, 3.8) is 0 Å². The average molecular weight is 240 g/mol. The van der Waals surface area contributed by atoms with Gasteiger partial charge in [-0.2, -0.15) is 0 Å². The fourth-order valence-electron chi connectivity index (χ4n) is 1.84. The summed E-state index contributed by atoms with van der Waals surface area (Å²) in [7, 11) is 0. The van der Waals surface area contributed by atoms with E-state index < -0.39 is 23.8 Å². The van der Waals surface area contributed by atoms with Gasteiger partial charge in [-0.25, -0.2) is 4.79 Å². The van der Waals surface area contributed by atoms with E-state index in [4.69, 9.17) is 10.8 Å². The zero-order valence-electron chi connectivity index (χ0n) is 9.90. The van der Waals surface area contributed by atoms with Crippen LogP contribution in [0.15, 0.2) is 11.1 Å². The Labute approximate surface area is 99.1 Å². The number of hydrogen-bond acceptors (Lipinski definition) is 3. The van der Waals surface area contributed by atoms with E-state index in [9.17, 15) is 14.4 Å². The summed E-state index contributed by atoms with van der Waals surface area (Å²) in [6.45, 7) is 3.25. The highest BCUT2D eigenvalue weighted by atomic mass is 16.4. The Morgan fingerprint density at radius 2 is 1.82 bits per heavy atom. The van der Waals surface area contributed by atoms with E-state index in [1.165, 1.54) is 18.7 Å². The van der Waals surface area contributed by atoms with Gasteiger partial charge in [0.2, 0.25) is 5.91 Å². The van der Waals surface area contributed by atoms with Crippen LogP contribution in [0.1, 0.15) is 26.7 Å². The van der Waals surface area contributed by atoms with Crippen LogP contribution >= 0.6 is 0 Å². The van der Waals surface area contributed by atoms with Crippen molar-refractivity contribution in [1.29, 1.82) is 0 Å². The number of carboxylic acids is 1. The minimum absolute atomic E-state index is 0.00915. The Hall–Kier alpha value is -1.85. The third kappa shape index (κ3) is 2.64. The first-order valence-corrected chi connectivity index (χ1v) is 5.37. The Morgan fingerprint density at radius 3 is 2.29 bits per heavy atom. The maximum atomic E-state index is 12.0. The van der Waals surface area contributed by atoms with Gasteiger partial charge in [0.25, 0.3) is 5.91 Å². The lowest BCUT2D eigenvalue weighted by Gasteiger charge is -2.22. The minimum atomic E-state index is -1.13. The second-order valence-corrected chi connectivity index (χ2v) is 4.11. The number of nitrogens with zero attached hydrogens (tertiary/aromatic N) is 1. The second-order valence-electron chi connectivity index (χ2n) is 4.11. The van der Waals surface area contributed by atoms with E-state index in [1.54, 1.807) is 0 Å². The molecular weight excluding hydrogens is 224 g/mol. The number of nitrogens with two attached hydrogens (primary N) is 1. The van der Waals surface area contributed by atoms with Crippen molar-refractivity contribution in [3.05, 3.63) is 11.1 Å². The summed E-state index contributed by atoms with van der Waals surface area (Å²) < 4.78 is 0. The van der Waals surface area contributed by atoms with E-state index in [1.807, 2.05) is 0 Å². The van der Waals surface area contributed by atoms with Crippen molar-refractivity contribution in [1.82, 2.24) is 4.90 Å². The molecule has 94 valence electrons. The summed E-state index contributed by atoms with van der Waals surface area (Å²) in [4.78, 5) is 35.2. The van der Waals surface area contributed by atoms with Crippen molar-refractivity contribution in [2.75, 3.05) is 6.54 Å². The first-order chi connectivity index (χ1) is 7.86. The molecule has 0 aliphatic carbocycles. The zero-order chi connectivity index (χ0) is 13.2. The lowest BCUT2D eigenvalue weighted by Crippen LogP contribution is -2.44. The van der Waals surface area contributed by atoms with Crippen LogP contribution in [0.2, 0.25) is 0 Å². The van der Waals surface area contributed by atoms with Gasteiger partial charge in [-0.1, -0.05) is 0 Å². The van der Waals surface area contributed by atoms with Crippen LogP contribution in [0.5, 0.6) is 0 Å². The van der Waals surface area contributed by atoms with Gasteiger partial charge < -0.3 is 15.7 Å². The van der Waals surface area contributed by atoms with Crippen LogP contribution < -0.4 is 5.73 Å². The van der Waals surface area contributed by atoms with Crippen LogP contribution in [0.3, 0.4) is 0 Å². The Kier molecular flexibility index (Phi) is 3.88. The van der Waals surface area contributed by atoms with E-state index >= 15 is 0 Å². The number of carbonyl (C=O) groups excluding carboxylic acids is 2. The van der Waals surface area contributed by atoms with Crippen molar-refractivity contribution < 1.29 is 19.5 Å². The van der Waals surface area contributed by atoms with Crippen molar-refractivity contribution in [3.8, 4) is 0 Å². The number of rotatable bonds is 3. The van der Waals surface area contributed by atoms with Gasteiger partial charge in [-0.05, 0) is 26.7 Å². The van der Waals surface area contributed by atoms with Crippen molar-refractivity contribution >= 4 is 17.8 Å². The lowest BCUT2D eigenvalue weighted by atomic mass is 10.1. The molecule has 2 amide bonds. The molecule has 0 radical (unpaired) electrons. The molecule has 1 unspecified atom stereocenters. The predicted octanol–water partition coefficient (Wildman–Crippen LogP) is -0.116. The van der Waals surface area contributed by atoms with E-state index in [2.05, 4.69) is 0 Å². The SMILES string of the molecule is CC(C(=O)O)=C(C)C(=O)N1CCCC1C(N)=O. The van der Waals surface area contributed by atoms with Gasteiger partial charge in [0.05, 0.1) is 0 Å². The molecule has 0 aromatic heterocycles. The second kappa shape index (κ2) is 4.99.